The summed E-state index contributed by atoms with van der Waals surface area (Å²) >= 11 is 0. The second-order valence-corrected chi connectivity index (χ2v) is 12.0. The first-order valence-corrected chi connectivity index (χ1v) is 12.8. The molecule has 7 fully saturated rings. The number of anilines is 2. The Hall–Kier alpha value is -2.35. The highest BCUT2D eigenvalue weighted by Gasteiger charge is 2.54. The Bertz CT molecular complexity index is 998. The molecule has 4 saturated carbocycles. The van der Waals surface area contributed by atoms with Gasteiger partial charge in [-0.05, 0) is 74.5 Å². The van der Waals surface area contributed by atoms with Crippen LogP contribution in [-0.2, 0) is 14.3 Å². The van der Waals surface area contributed by atoms with Crippen LogP contribution in [0.25, 0.3) is 0 Å². The molecular weight excluding hydrogens is 437 g/mol. The molecular formula is C26H32FN3O4. The van der Waals surface area contributed by atoms with E-state index in [-0.39, 0.29) is 22.6 Å². The zero-order chi connectivity index (χ0) is 23.1. The summed E-state index contributed by atoms with van der Waals surface area (Å²) in [6.07, 6.45) is 6.00. The van der Waals surface area contributed by atoms with Gasteiger partial charge < -0.3 is 19.7 Å². The largest absolute Gasteiger partial charge is 0.442 e. The number of amides is 2. The Kier molecular flexibility index (Phi) is 4.52. The van der Waals surface area contributed by atoms with Crippen LogP contribution in [0.1, 0.15) is 38.5 Å². The lowest BCUT2D eigenvalue weighted by Crippen LogP contribution is -2.66. The van der Waals surface area contributed by atoms with E-state index in [9.17, 15) is 14.0 Å². The number of carbonyl (C=O) groups excluding carboxylic acids is 2. The first-order chi connectivity index (χ1) is 16.4. The highest BCUT2D eigenvalue weighted by atomic mass is 19.1. The maximum atomic E-state index is 14.9. The monoisotopic (exact) mass is 469 g/mol. The quantitative estimate of drug-likeness (QED) is 0.717. The highest BCUT2D eigenvalue weighted by Crippen LogP contribution is 2.60. The Morgan fingerprint density at radius 3 is 2.35 bits per heavy atom. The third-order valence-corrected chi connectivity index (χ3v) is 9.34. The first-order valence-electron chi connectivity index (χ1n) is 12.8. The second kappa shape index (κ2) is 7.33. The summed E-state index contributed by atoms with van der Waals surface area (Å²) in [7, 11) is 0. The summed E-state index contributed by atoms with van der Waals surface area (Å²) < 4.78 is 25.7. The van der Waals surface area contributed by atoms with Crippen molar-refractivity contribution >= 4 is 23.4 Å². The van der Waals surface area contributed by atoms with E-state index in [4.69, 9.17) is 9.47 Å². The minimum Gasteiger partial charge on any atom is -0.442 e. The number of cyclic esters (lactones) is 1. The van der Waals surface area contributed by atoms with Gasteiger partial charge >= 0.3 is 6.09 Å². The van der Waals surface area contributed by atoms with Crippen molar-refractivity contribution in [2.75, 3.05) is 49.2 Å². The zero-order valence-corrected chi connectivity index (χ0v) is 19.4. The predicted octanol–water partition coefficient (Wildman–Crippen LogP) is 3.32. The normalized spacial score (nSPS) is 36.9. The number of nitrogens with zero attached hydrogens (tertiary/aromatic N) is 2. The number of hydrogen-bond donors (Lipinski definition) is 1. The minimum absolute atomic E-state index is 0.140. The van der Waals surface area contributed by atoms with Crippen molar-refractivity contribution in [2.24, 2.45) is 28.6 Å². The summed E-state index contributed by atoms with van der Waals surface area (Å²) in [6.45, 7) is 3.73. The number of benzene rings is 1. The minimum atomic E-state index is -0.490. The molecule has 3 aliphatic heterocycles. The molecule has 3 saturated heterocycles. The van der Waals surface area contributed by atoms with E-state index < -0.39 is 12.2 Å². The fourth-order valence-electron chi connectivity index (χ4n) is 8.05. The van der Waals surface area contributed by atoms with Gasteiger partial charge in [0.05, 0.1) is 43.1 Å². The average molecular weight is 470 g/mol. The van der Waals surface area contributed by atoms with Gasteiger partial charge in [0, 0.05) is 18.5 Å². The van der Waals surface area contributed by atoms with Gasteiger partial charge in [-0.1, -0.05) is 0 Å². The van der Waals surface area contributed by atoms with E-state index in [1.807, 2.05) is 4.90 Å². The number of nitrogens with one attached hydrogen (secondary N) is 1. The molecule has 1 aromatic rings. The molecule has 0 aromatic heterocycles. The molecule has 3 heterocycles. The number of halogens is 1. The van der Waals surface area contributed by atoms with Crippen molar-refractivity contribution in [3.8, 4) is 0 Å². The first kappa shape index (κ1) is 21.0. The fraction of sp³-hybridized carbons (Fsp3) is 0.692. The summed E-state index contributed by atoms with van der Waals surface area (Å²) in [5.74, 6) is 1.93. The van der Waals surface area contributed by atoms with E-state index in [0.29, 0.717) is 42.2 Å². The summed E-state index contributed by atoms with van der Waals surface area (Å²) in [5, 5.41) is 3.11. The van der Waals surface area contributed by atoms with Crippen LogP contribution in [0.3, 0.4) is 0 Å². The van der Waals surface area contributed by atoms with Gasteiger partial charge in [0.25, 0.3) is 0 Å². The molecule has 4 bridgehead atoms. The van der Waals surface area contributed by atoms with E-state index in [1.165, 1.54) is 30.2 Å². The topological polar surface area (TPSA) is 71.1 Å². The third kappa shape index (κ3) is 3.24. The lowest BCUT2D eigenvalue weighted by molar-refractivity contribution is -0.146. The molecule has 7 nitrogen and oxygen atoms in total. The van der Waals surface area contributed by atoms with Crippen LogP contribution in [0.2, 0.25) is 0 Å². The third-order valence-electron chi connectivity index (χ3n) is 9.34. The van der Waals surface area contributed by atoms with Gasteiger partial charge in [-0.15, -0.1) is 0 Å². The SMILES string of the molecule is O=C1O[C@@H](CNC(=O)C23CC4CC(CC(C4)C2)C3)CN1c1ccc(N2CC3(COC3)C2)c(F)c1. The molecule has 34 heavy (non-hydrogen) atoms. The van der Waals surface area contributed by atoms with Gasteiger partial charge in [-0.25, -0.2) is 9.18 Å². The van der Waals surface area contributed by atoms with Crippen LogP contribution in [0.5, 0.6) is 0 Å². The molecule has 8 heteroatoms. The smallest absolute Gasteiger partial charge is 0.414 e. The molecule has 182 valence electrons. The van der Waals surface area contributed by atoms with Crippen LogP contribution in [0.15, 0.2) is 18.2 Å². The molecule has 7 aliphatic rings. The molecule has 2 amide bonds. The summed E-state index contributed by atoms with van der Waals surface area (Å²) in [4.78, 5) is 29.2. The predicted molar refractivity (Wildman–Crippen MR) is 123 cm³/mol. The molecule has 0 radical (unpaired) electrons. The molecule has 1 N–H and O–H groups in total. The Morgan fingerprint density at radius 1 is 1.09 bits per heavy atom. The molecule has 1 spiro atoms. The number of ether oxygens (including phenoxy) is 2. The molecule has 0 unspecified atom stereocenters. The van der Waals surface area contributed by atoms with Crippen molar-refractivity contribution in [2.45, 2.75) is 44.6 Å². The number of carbonyl (C=O) groups is 2. The van der Waals surface area contributed by atoms with Crippen LogP contribution >= 0.6 is 0 Å². The van der Waals surface area contributed by atoms with E-state index in [2.05, 4.69) is 5.32 Å². The van der Waals surface area contributed by atoms with Crippen molar-refractivity contribution in [3.63, 3.8) is 0 Å². The maximum Gasteiger partial charge on any atom is 0.414 e. The van der Waals surface area contributed by atoms with Gasteiger partial charge in [0.2, 0.25) is 5.91 Å². The van der Waals surface area contributed by atoms with Crippen LogP contribution in [0.4, 0.5) is 20.6 Å². The molecule has 4 aliphatic carbocycles. The maximum absolute atomic E-state index is 14.9. The summed E-state index contributed by atoms with van der Waals surface area (Å²) in [5.41, 5.74) is 1.05. The van der Waals surface area contributed by atoms with Gasteiger partial charge in [-0.2, -0.15) is 0 Å². The second-order valence-electron chi connectivity index (χ2n) is 12.0. The number of hydrogen-bond acceptors (Lipinski definition) is 5. The van der Waals surface area contributed by atoms with Gasteiger partial charge in [0.1, 0.15) is 11.9 Å². The van der Waals surface area contributed by atoms with E-state index in [0.717, 1.165) is 45.6 Å². The lowest BCUT2D eigenvalue weighted by Gasteiger charge is -2.56. The van der Waals surface area contributed by atoms with Crippen LogP contribution in [0, 0.1) is 34.4 Å². The van der Waals surface area contributed by atoms with Crippen LogP contribution < -0.4 is 15.1 Å². The molecule has 8 rings (SSSR count). The Morgan fingerprint density at radius 2 is 1.76 bits per heavy atom. The zero-order valence-electron chi connectivity index (χ0n) is 19.4. The Labute approximate surface area is 198 Å². The van der Waals surface area contributed by atoms with Crippen molar-refractivity contribution in [3.05, 3.63) is 24.0 Å². The van der Waals surface area contributed by atoms with Gasteiger partial charge in [-0.3, -0.25) is 9.69 Å². The molecule has 1 aromatic carbocycles. The van der Waals surface area contributed by atoms with Crippen LogP contribution in [-0.4, -0.2) is 57.5 Å². The molecule has 1 atom stereocenters. The van der Waals surface area contributed by atoms with Gasteiger partial charge in [0.15, 0.2) is 0 Å². The number of rotatable bonds is 5. The van der Waals surface area contributed by atoms with E-state index in [1.54, 1.807) is 12.1 Å². The standard InChI is InChI=1S/C26H32FN3O4/c27-21-6-19(1-2-22(21)29-12-25(13-29)14-33-15-25)30-11-20(34-24(30)32)10-28-23(31)26-7-16-3-17(8-26)5-18(4-16)9-26/h1-2,6,16-18,20H,3-5,7-15H2,(H,28,31)/t16?,17?,18?,20-,26?/m0/s1. The average Bonchev–Trinajstić information content (AvgIpc) is 3.10. The highest BCUT2D eigenvalue weighted by molar-refractivity contribution is 5.90. The Balaban J connectivity index is 0.970. The van der Waals surface area contributed by atoms with E-state index >= 15 is 0 Å². The van der Waals surface area contributed by atoms with Crippen molar-refractivity contribution < 1.29 is 23.5 Å². The fourth-order valence-corrected chi connectivity index (χ4v) is 8.05. The summed E-state index contributed by atoms with van der Waals surface area (Å²) in [6, 6.07) is 4.93. The lowest BCUT2D eigenvalue weighted by atomic mass is 9.49. The van der Waals surface area contributed by atoms with Crippen molar-refractivity contribution in [1.29, 1.82) is 0 Å². The van der Waals surface area contributed by atoms with Crippen molar-refractivity contribution in [1.82, 2.24) is 5.32 Å².